The lowest BCUT2D eigenvalue weighted by molar-refractivity contribution is 0.332. The van der Waals surface area contributed by atoms with Crippen molar-refractivity contribution in [2.24, 2.45) is 10.8 Å². The summed E-state index contributed by atoms with van der Waals surface area (Å²) in [5.41, 5.74) is 2.74. The monoisotopic (exact) mass is 268 g/mol. The Balaban J connectivity index is 2.71. The van der Waals surface area contributed by atoms with E-state index in [1.807, 2.05) is 0 Å². The molecule has 3 N–H and O–H groups in total. The van der Waals surface area contributed by atoms with Gasteiger partial charge in [-0.15, -0.1) is 11.3 Å². The van der Waals surface area contributed by atoms with Crippen LogP contribution in [-0.2, 0) is 6.54 Å². The molecule has 18 heavy (non-hydrogen) atoms. The molecule has 0 aliphatic carbocycles. The number of hydrogen-bond donors (Lipinski definition) is 2. The van der Waals surface area contributed by atoms with E-state index in [0.29, 0.717) is 6.04 Å². The minimum atomic E-state index is 0.364. The Bertz CT molecular complexity index is 346. The summed E-state index contributed by atoms with van der Waals surface area (Å²) in [5.74, 6) is 6.39. The molecule has 0 saturated heterocycles. The average molecular weight is 268 g/mol. The second-order valence-electron chi connectivity index (χ2n) is 4.50. The topological polar surface area (TPSA) is 53.6 Å². The van der Waals surface area contributed by atoms with Crippen LogP contribution in [0.3, 0.4) is 0 Å². The Morgan fingerprint density at radius 1 is 1.56 bits per heavy atom. The van der Waals surface area contributed by atoms with Crippen molar-refractivity contribution in [3.05, 3.63) is 22.4 Å². The van der Waals surface area contributed by atoms with E-state index in [1.54, 1.807) is 11.3 Å². The largest absolute Gasteiger partial charge is 0.334 e. The number of guanidine groups is 1. The van der Waals surface area contributed by atoms with Crippen molar-refractivity contribution in [3.8, 4) is 0 Å². The third-order valence-electron chi connectivity index (χ3n) is 2.70. The van der Waals surface area contributed by atoms with E-state index in [-0.39, 0.29) is 0 Å². The van der Waals surface area contributed by atoms with Crippen molar-refractivity contribution < 1.29 is 0 Å². The van der Waals surface area contributed by atoms with E-state index in [2.05, 4.69) is 53.6 Å². The van der Waals surface area contributed by atoms with Gasteiger partial charge in [0.15, 0.2) is 0 Å². The van der Waals surface area contributed by atoms with Gasteiger partial charge in [-0.2, -0.15) is 0 Å². The first-order valence-corrected chi connectivity index (χ1v) is 7.37. The van der Waals surface area contributed by atoms with Gasteiger partial charge in [-0.25, -0.2) is 5.84 Å². The molecule has 1 rings (SSSR count). The third-order valence-corrected chi connectivity index (χ3v) is 3.57. The van der Waals surface area contributed by atoms with Crippen molar-refractivity contribution in [2.45, 2.75) is 46.2 Å². The second kappa shape index (κ2) is 8.11. The van der Waals surface area contributed by atoms with Crippen LogP contribution >= 0.6 is 11.3 Å². The molecule has 0 radical (unpaired) electrons. The van der Waals surface area contributed by atoms with Crippen LogP contribution < -0.4 is 11.3 Å². The number of thiophene rings is 1. The van der Waals surface area contributed by atoms with Crippen molar-refractivity contribution in [3.63, 3.8) is 0 Å². The minimum absolute atomic E-state index is 0.364. The molecule has 1 aromatic heterocycles. The Labute approximate surface area is 114 Å². The zero-order chi connectivity index (χ0) is 13.4. The molecule has 0 atom stereocenters. The van der Waals surface area contributed by atoms with Crippen LogP contribution in [0.25, 0.3) is 0 Å². The summed E-state index contributed by atoms with van der Waals surface area (Å²) in [6.45, 7) is 8.14. The lowest BCUT2D eigenvalue weighted by atomic mass is 10.3. The zero-order valence-corrected chi connectivity index (χ0v) is 12.3. The van der Waals surface area contributed by atoms with Gasteiger partial charge in [0.1, 0.15) is 0 Å². The molecule has 102 valence electrons. The van der Waals surface area contributed by atoms with E-state index in [1.165, 1.54) is 4.88 Å². The fraction of sp³-hybridized carbons (Fsp3) is 0.615. The molecule has 0 amide bonds. The van der Waals surface area contributed by atoms with E-state index in [9.17, 15) is 0 Å². The van der Waals surface area contributed by atoms with Gasteiger partial charge in [0.2, 0.25) is 5.96 Å². The molecular formula is C13H24N4S. The molecule has 1 aromatic rings. The summed E-state index contributed by atoms with van der Waals surface area (Å²) in [6, 6.07) is 4.58. The molecule has 0 aliphatic rings. The SMILES string of the molecule is CCCCN=C(NN)N(Cc1cccs1)C(C)C. The summed E-state index contributed by atoms with van der Waals surface area (Å²) in [4.78, 5) is 8.06. The maximum absolute atomic E-state index is 5.60. The lowest BCUT2D eigenvalue weighted by Gasteiger charge is -2.29. The number of hydrogen-bond acceptors (Lipinski definition) is 3. The zero-order valence-electron chi connectivity index (χ0n) is 11.5. The van der Waals surface area contributed by atoms with Crippen molar-refractivity contribution in [2.75, 3.05) is 6.54 Å². The van der Waals surface area contributed by atoms with Crippen molar-refractivity contribution in [1.29, 1.82) is 0 Å². The van der Waals surface area contributed by atoms with Crippen LogP contribution in [0.15, 0.2) is 22.5 Å². The standard InChI is InChI=1S/C13H24N4S/c1-4-5-8-15-13(16-14)17(11(2)3)10-12-7-6-9-18-12/h6-7,9,11H,4-5,8,10,14H2,1-3H3,(H,15,16). The quantitative estimate of drug-likeness (QED) is 0.274. The number of nitrogens with two attached hydrogens (primary N) is 1. The smallest absolute Gasteiger partial charge is 0.208 e. The Morgan fingerprint density at radius 3 is 2.83 bits per heavy atom. The molecular weight excluding hydrogens is 244 g/mol. The highest BCUT2D eigenvalue weighted by Crippen LogP contribution is 2.14. The molecule has 5 heteroatoms. The molecule has 0 spiro atoms. The van der Waals surface area contributed by atoms with Crippen LogP contribution in [0.2, 0.25) is 0 Å². The van der Waals surface area contributed by atoms with Gasteiger partial charge in [-0.05, 0) is 31.7 Å². The van der Waals surface area contributed by atoms with Crippen molar-refractivity contribution >= 4 is 17.3 Å². The summed E-state index contributed by atoms with van der Waals surface area (Å²) in [7, 11) is 0. The Hall–Kier alpha value is -1.07. The fourth-order valence-electron chi connectivity index (χ4n) is 1.63. The maximum atomic E-state index is 5.60. The predicted octanol–water partition coefficient (Wildman–Crippen LogP) is 2.58. The number of nitrogens with zero attached hydrogens (tertiary/aromatic N) is 2. The molecule has 0 saturated carbocycles. The van der Waals surface area contributed by atoms with Gasteiger partial charge < -0.3 is 4.90 Å². The van der Waals surface area contributed by atoms with Gasteiger partial charge in [0.05, 0.1) is 6.54 Å². The minimum Gasteiger partial charge on any atom is -0.334 e. The summed E-state index contributed by atoms with van der Waals surface area (Å²) in [5, 5.41) is 2.09. The van der Waals surface area contributed by atoms with Gasteiger partial charge in [-0.1, -0.05) is 19.4 Å². The first-order valence-electron chi connectivity index (χ1n) is 6.49. The third kappa shape index (κ3) is 4.66. The van der Waals surface area contributed by atoms with Crippen LogP contribution in [-0.4, -0.2) is 23.4 Å². The summed E-state index contributed by atoms with van der Waals surface area (Å²) < 4.78 is 0. The molecule has 0 aliphatic heterocycles. The second-order valence-corrected chi connectivity index (χ2v) is 5.54. The molecule has 0 fully saturated rings. The van der Waals surface area contributed by atoms with Gasteiger partial charge >= 0.3 is 0 Å². The number of aliphatic imine (C=N–C) groups is 1. The van der Waals surface area contributed by atoms with Gasteiger partial charge in [0.25, 0.3) is 0 Å². The summed E-state index contributed by atoms with van der Waals surface area (Å²) in [6.07, 6.45) is 2.24. The highest BCUT2D eigenvalue weighted by Gasteiger charge is 2.14. The molecule has 1 heterocycles. The Kier molecular flexibility index (Phi) is 6.75. The lowest BCUT2D eigenvalue weighted by Crippen LogP contribution is -2.47. The van der Waals surface area contributed by atoms with E-state index in [4.69, 9.17) is 5.84 Å². The van der Waals surface area contributed by atoms with E-state index >= 15 is 0 Å². The highest BCUT2D eigenvalue weighted by atomic mass is 32.1. The van der Waals surface area contributed by atoms with Gasteiger partial charge in [-0.3, -0.25) is 10.4 Å². The normalized spacial score (nSPS) is 11.9. The summed E-state index contributed by atoms with van der Waals surface area (Å²) >= 11 is 1.76. The highest BCUT2D eigenvalue weighted by molar-refractivity contribution is 7.09. The van der Waals surface area contributed by atoms with Crippen molar-refractivity contribution in [1.82, 2.24) is 10.3 Å². The molecule has 0 unspecified atom stereocenters. The van der Waals surface area contributed by atoms with Crippen LogP contribution in [0.1, 0.15) is 38.5 Å². The molecule has 4 nitrogen and oxygen atoms in total. The first kappa shape index (κ1) is 15.0. The van der Waals surface area contributed by atoms with Crippen LogP contribution in [0, 0.1) is 0 Å². The number of nitrogens with one attached hydrogen (secondary N) is 1. The van der Waals surface area contributed by atoms with Crippen LogP contribution in [0.4, 0.5) is 0 Å². The molecule has 0 aromatic carbocycles. The number of hydrazine groups is 1. The number of unbranched alkanes of at least 4 members (excludes halogenated alkanes) is 1. The first-order chi connectivity index (χ1) is 8.69. The van der Waals surface area contributed by atoms with Gasteiger partial charge in [0, 0.05) is 17.5 Å². The Morgan fingerprint density at radius 2 is 2.33 bits per heavy atom. The predicted molar refractivity (Wildman–Crippen MR) is 79.5 cm³/mol. The maximum Gasteiger partial charge on any atom is 0.208 e. The van der Waals surface area contributed by atoms with E-state index < -0.39 is 0 Å². The molecule has 0 bridgehead atoms. The van der Waals surface area contributed by atoms with Crippen LogP contribution in [0.5, 0.6) is 0 Å². The number of rotatable bonds is 6. The average Bonchev–Trinajstić information content (AvgIpc) is 2.85. The fourth-order valence-corrected chi connectivity index (χ4v) is 2.34. The van der Waals surface area contributed by atoms with E-state index in [0.717, 1.165) is 31.9 Å².